The van der Waals surface area contributed by atoms with E-state index < -0.39 is 5.97 Å². The predicted octanol–water partition coefficient (Wildman–Crippen LogP) is 2.13. The van der Waals surface area contributed by atoms with Crippen LogP contribution in [0.4, 0.5) is 5.69 Å². The number of hydrogen-bond acceptors (Lipinski definition) is 2. The lowest BCUT2D eigenvalue weighted by molar-refractivity contribution is -0.138. The normalized spacial score (nSPS) is 23.5. The molecule has 1 fully saturated rings. The molecule has 0 aromatic heterocycles. The maximum atomic E-state index is 10.6. The van der Waals surface area contributed by atoms with Gasteiger partial charge in [-0.1, -0.05) is 18.2 Å². The number of benzene rings is 1. The van der Waals surface area contributed by atoms with Crippen molar-refractivity contribution in [3.05, 3.63) is 29.8 Å². The van der Waals surface area contributed by atoms with E-state index in [1.807, 2.05) is 31.2 Å². The monoisotopic (exact) mass is 205 g/mol. The number of para-hydroxylation sites is 1. The minimum atomic E-state index is -0.661. The van der Waals surface area contributed by atoms with Crippen molar-refractivity contribution in [2.45, 2.75) is 13.3 Å². The van der Waals surface area contributed by atoms with Gasteiger partial charge in [0, 0.05) is 12.2 Å². The van der Waals surface area contributed by atoms with Crippen LogP contribution in [0.1, 0.15) is 12.0 Å². The van der Waals surface area contributed by atoms with Gasteiger partial charge in [0.05, 0.1) is 5.92 Å². The molecule has 2 atom stereocenters. The van der Waals surface area contributed by atoms with Crippen molar-refractivity contribution in [1.29, 1.82) is 0 Å². The standard InChI is InChI=1S/C12H15NO2/c1-8-4-2-3-5-11(8)13-7-9-6-10(9)12(14)15/h2-5,9-10,13H,6-7H2,1H3,(H,14,15). The number of carboxylic acids is 1. The molecule has 80 valence electrons. The van der Waals surface area contributed by atoms with Crippen LogP contribution in [0.25, 0.3) is 0 Å². The number of anilines is 1. The van der Waals surface area contributed by atoms with Crippen LogP contribution >= 0.6 is 0 Å². The molecule has 3 heteroatoms. The molecule has 1 saturated carbocycles. The molecule has 0 heterocycles. The molecule has 15 heavy (non-hydrogen) atoms. The molecule has 0 bridgehead atoms. The first-order chi connectivity index (χ1) is 7.18. The van der Waals surface area contributed by atoms with E-state index in [-0.39, 0.29) is 5.92 Å². The average Bonchev–Trinajstić information content (AvgIpc) is 2.96. The molecule has 0 radical (unpaired) electrons. The van der Waals surface area contributed by atoms with Crippen LogP contribution in [0.2, 0.25) is 0 Å². The Morgan fingerprint density at radius 3 is 2.87 bits per heavy atom. The summed E-state index contributed by atoms with van der Waals surface area (Å²) in [5, 5.41) is 12.0. The molecule has 2 N–H and O–H groups in total. The van der Waals surface area contributed by atoms with Gasteiger partial charge in [0.25, 0.3) is 0 Å². The van der Waals surface area contributed by atoms with E-state index in [4.69, 9.17) is 5.11 Å². The number of carboxylic acid groups (broad SMARTS) is 1. The average molecular weight is 205 g/mol. The van der Waals surface area contributed by atoms with Crippen LogP contribution in [0.15, 0.2) is 24.3 Å². The Labute approximate surface area is 89.1 Å². The zero-order valence-electron chi connectivity index (χ0n) is 8.73. The Kier molecular flexibility index (Phi) is 2.62. The number of nitrogens with one attached hydrogen (secondary N) is 1. The van der Waals surface area contributed by atoms with E-state index in [1.54, 1.807) is 0 Å². The molecule has 3 nitrogen and oxygen atoms in total. The van der Waals surface area contributed by atoms with Crippen molar-refractivity contribution >= 4 is 11.7 Å². The Bertz CT molecular complexity index is 376. The predicted molar refractivity (Wildman–Crippen MR) is 58.9 cm³/mol. The summed E-state index contributed by atoms with van der Waals surface area (Å²) in [6.07, 6.45) is 0.814. The fourth-order valence-electron chi connectivity index (χ4n) is 1.79. The largest absolute Gasteiger partial charge is 0.481 e. The van der Waals surface area contributed by atoms with Gasteiger partial charge in [0.1, 0.15) is 0 Å². The Hall–Kier alpha value is -1.51. The highest BCUT2D eigenvalue weighted by Gasteiger charge is 2.42. The molecular formula is C12H15NO2. The summed E-state index contributed by atoms with van der Waals surface area (Å²) in [4.78, 5) is 10.6. The van der Waals surface area contributed by atoms with E-state index >= 15 is 0 Å². The van der Waals surface area contributed by atoms with Crippen LogP contribution in [0, 0.1) is 18.8 Å². The zero-order valence-corrected chi connectivity index (χ0v) is 8.73. The smallest absolute Gasteiger partial charge is 0.306 e. The molecule has 2 unspecified atom stereocenters. The summed E-state index contributed by atoms with van der Waals surface area (Å²) < 4.78 is 0. The van der Waals surface area contributed by atoms with Crippen LogP contribution in [0.5, 0.6) is 0 Å². The van der Waals surface area contributed by atoms with Gasteiger partial charge in [-0.05, 0) is 30.9 Å². The first-order valence-corrected chi connectivity index (χ1v) is 5.21. The van der Waals surface area contributed by atoms with Gasteiger partial charge >= 0.3 is 5.97 Å². The van der Waals surface area contributed by atoms with Gasteiger partial charge in [-0.25, -0.2) is 0 Å². The summed E-state index contributed by atoms with van der Waals surface area (Å²) in [6.45, 7) is 2.81. The quantitative estimate of drug-likeness (QED) is 0.791. The molecular weight excluding hydrogens is 190 g/mol. The van der Waals surface area contributed by atoms with Crippen molar-refractivity contribution < 1.29 is 9.90 Å². The first-order valence-electron chi connectivity index (χ1n) is 5.21. The molecule has 0 spiro atoms. The Balaban J connectivity index is 1.85. The molecule has 2 rings (SSSR count). The fourth-order valence-corrected chi connectivity index (χ4v) is 1.79. The second-order valence-electron chi connectivity index (χ2n) is 4.14. The first kappa shape index (κ1) is 10.0. The number of aliphatic carboxylic acids is 1. The van der Waals surface area contributed by atoms with E-state index in [9.17, 15) is 4.79 Å². The zero-order chi connectivity index (χ0) is 10.8. The van der Waals surface area contributed by atoms with Crippen LogP contribution in [-0.4, -0.2) is 17.6 Å². The van der Waals surface area contributed by atoms with Gasteiger partial charge in [0.15, 0.2) is 0 Å². The highest BCUT2D eigenvalue weighted by atomic mass is 16.4. The lowest BCUT2D eigenvalue weighted by Crippen LogP contribution is -2.09. The third-order valence-electron chi connectivity index (χ3n) is 2.94. The van der Waals surface area contributed by atoms with Crippen LogP contribution < -0.4 is 5.32 Å². The molecule has 1 aliphatic carbocycles. The molecule has 0 amide bonds. The summed E-state index contributed by atoms with van der Waals surface area (Å²) in [5.41, 5.74) is 2.30. The van der Waals surface area contributed by atoms with Gasteiger partial charge < -0.3 is 10.4 Å². The fraction of sp³-hybridized carbons (Fsp3) is 0.417. The SMILES string of the molecule is Cc1ccccc1NCC1CC1C(=O)O. The maximum absolute atomic E-state index is 10.6. The van der Waals surface area contributed by atoms with Crippen molar-refractivity contribution in [1.82, 2.24) is 0 Å². The molecule has 1 aromatic carbocycles. The van der Waals surface area contributed by atoms with E-state index in [1.165, 1.54) is 5.56 Å². The minimum absolute atomic E-state index is 0.124. The van der Waals surface area contributed by atoms with E-state index in [2.05, 4.69) is 5.32 Å². The summed E-state index contributed by atoms with van der Waals surface area (Å²) >= 11 is 0. The molecule has 1 aromatic rings. The molecule has 0 aliphatic heterocycles. The van der Waals surface area contributed by atoms with Crippen molar-refractivity contribution in [3.63, 3.8) is 0 Å². The lowest BCUT2D eigenvalue weighted by Gasteiger charge is -2.08. The summed E-state index contributed by atoms with van der Waals surface area (Å²) in [5.74, 6) is -0.477. The second-order valence-corrected chi connectivity index (χ2v) is 4.14. The second kappa shape index (κ2) is 3.93. The molecule has 1 aliphatic rings. The van der Waals surface area contributed by atoms with Gasteiger partial charge in [-0.15, -0.1) is 0 Å². The van der Waals surface area contributed by atoms with Gasteiger partial charge in [0.2, 0.25) is 0 Å². The van der Waals surface area contributed by atoms with Gasteiger partial charge in [-0.2, -0.15) is 0 Å². The van der Waals surface area contributed by atoms with Gasteiger partial charge in [-0.3, -0.25) is 4.79 Å². The Morgan fingerprint density at radius 1 is 1.53 bits per heavy atom. The summed E-state index contributed by atoms with van der Waals surface area (Å²) in [6, 6.07) is 8.05. The van der Waals surface area contributed by atoms with Crippen molar-refractivity contribution in [2.75, 3.05) is 11.9 Å². The lowest BCUT2D eigenvalue weighted by atomic mass is 10.2. The molecule has 0 saturated heterocycles. The highest BCUT2D eigenvalue weighted by molar-refractivity contribution is 5.73. The number of carbonyl (C=O) groups is 1. The third-order valence-corrected chi connectivity index (χ3v) is 2.94. The number of hydrogen-bond donors (Lipinski definition) is 2. The van der Waals surface area contributed by atoms with E-state index in [0.717, 1.165) is 18.7 Å². The maximum Gasteiger partial charge on any atom is 0.306 e. The highest BCUT2D eigenvalue weighted by Crippen LogP contribution is 2.38. The third kappa shape index (κ3) is 2.29. The van der Waals surface area contributed by atoms with E-state index in [0.29, 0.717) is 5.92 Å². The Morgan fingerprint density at radius 2 is 2.27 bits per heavy atom. The number of aryl methyl sites for hydroxylation is 1. The minimum Gasteiger partial charge on any atom is -0.481 e. The van der Waals surface area contributed by atoms with Crippen LogP contribution in [0.3, 0.4) is 0 Å². The number of rotatable bonds is 4. The van der Waals surface area contributed by atoms with Crippen molar-refractivity contribution in [3.8, 4) is 0 Å². The van der Waals surface area contributed by atoms with Crippen LogP contribution in [-0.2, 0) is 4.79 Å². The topological polar surface area (TPSA) is 49.3 Å². The van der Waals surface area contributed by atoms with Crippen molar-refractivity contribution in [2.24, 2.45) is 11.8 Å². The summed E-state index contributed by atoms with van der Waals surface area (Å²) in [7, 11) is 0.